The number of rotatable bonds is 3. The number of pyridine rings is 1. The summed E-state index contributed by atoms with van der Waals surface area (Å²) in [7, 11) is 1.30. The Hall–Kier alpha value is -2.37. The second-order valence-electron chi connectivity index (χ2n) is 3.76. The number of carbonyl (C=O) groups excluding carboxylic acids is 1. The van der Waals surface area contributed by atoms with Gasteiger partial charge in [0.2, 0.25) is 5.43 Å². The number of benzene rings is 1. The highest BCUT2D eigenvalue weighted by Crippen LogP contribution is 2.25. The van der Waals surface area contributed by atoms with E-state index in [-0.39, 0.29) is 28.8 Å². The average Bonchev–Trinajstić information content (AvgIpc) is 2.39. The van der Waals surface area contributed by atoms with Crippen molar-refractivity contribution in [2.24, 2.45) is 0 Å². The lowest BCUT2D eigenvalue weighted by atomic mass is 10.1. The number of esters is 1. The van der Waals surface area contributed by atoms with E-state index in [0.717, 1.165) is 6.07 Å². The van der Waals surface area contributed by atoms with Crippen LogP contribution in [0.25, 0.3) is 10.9 Å². The first kappa shape index (κ1) is 13.1. The van der Waals surface area contributed by atoms with E-state index in [0.29, 0.717) is 0 Å². The maximum atomic E-state index is 13.5. The van der Waals surface area contributed by atoms with Gasteiger partial charge in [0.15, 0.2) is 11.6 Å². The summed E-state index contributed by atoms with van der Waals surface area (Å²) in [5.41, 5.74) is -0.436. The molecule has 1 heterocycles. The first-order valence-corrected chi connectivity index (χ1v) is 5.65. The van der Waals surface area contributed by atoms with Crippen LogP contribution in [0.5, 0.6) is 5.75 Å². The number of hydrogen-bond acceptors (Lipinski definition) is 4. The van der Waals surface area contributed by atoms with Crippen LogP contribution >= 0.6 is 0 Å². The molecule has 0 aliphatic heterocycles. The van der Waals surface area contributed by atoms with Gasteiger partial charge in [0, 0.05) is 6.20 Å². The minimum atomic E-state index is -0.714. The molecule has 0 saturated heterocycles. The van der Waals surface area contributed by atoms with Crippen molar-refractivity contribution < 1.29 is 18.7 Å². The number of H-pyrrole nitrogens is 1. The van der Waals surface area contributed by atoms with Crippen molar-refractivity contribution in [3.05, 3.63) is 39.9 Å². The summed E-state index contributed by atoms with van der Waals surface area (Å²) in [6.45, 7) is 1.81. The van der Waals surface area contributed by atoms with Gasteiger partial charge in [-0.25, -0.2) is 9.18 Å². The quantitative estimate of drug-likeness (QED) is 0.860. The first-order chi connectivity index (χ1) is 9.10. The number of aromatic nitrogens is 1. The van der Waals surface area contributed by atoms with Gasteiger partial charge in [-0.2, -0.15) is 0 Å². The third kappa shape index (κ3) is 2.16. The molecule has 5 nitrogen and oxygen atoms in total. The number of aromatic amines is 1. The van der Waals surface area contributed by atoms with Crippen LogP contribution in [0.1, 0.15) is 17.3 Å². The Morgan fingerprint density at radius 1 is 1.42 bits per heavy atom. The van der Waals surface area contributed by atoms with Crippen molar-refractivity contribution in [1.29, 1.82) is 0 Å². The Kier molecular flexibility index (Phi) is 3.50. The largest absolute Gasteiger partial charge is 0.492 e. The SMILES string of the molecule is CCOC(=O)c1c[nH]c2c(OC)c(F)ccc2c1=O. The average molecular weight is 265 g/mol. The summed E-state index contributed by atoms with van der Waals surface area (Å²) in [5.74, 6) is -1.37. The van der Waals surface area contributed by atoms with Gasteiger partial charge in [-0.3, -0.25) is 4.79 Å². The van der Waals surface area contributed by atoms with E-state index in [1.165, 1.54) is 19.4 Å². The molecule has 0 amide bonds. The normalized spacial score (nSPS) is 10.5. The van der Waals surface area contributed by atoms with Crippen LogP contribution in [0.4, 0.5) is 4.39 Å². The zero-order valence-electron chi connectivity index (χ0n) is 10.5. The van der Waals surface area contributed by atoms with E-state index in [1.807, 2.05) is 0 Å². The number of carbonyl (C=O) groups is 1. The third-order valence-corrected chi connectivity index (χ3v) is 2.66. The molecule has 0 fully saturated rings. The van der Waals surface area contributed by atoms with Gasteiger partial charge in [0.25, 0.3) is 0 Å². The lowest BCUT2D eigenvalue weighted by molar-refractivity contribution is 0.0524. The topological polar surface area (TPSA) is 68.4 Å². The molecule has 0 unspecified atom stereocenters. The minimum Gasteiger partial charge on any atom is -0.492 e. The van der Waals surface area contributed by atoms with Crippen LogP contribution in [0.3, 0.4) is 0 Å². The predicted octanol–water partition coefficient (Wildman–Crippen LogP) is 1.85. The van der Waals surface area contributed by atoms with Crippen LogP contribution in [0.2, 0.25) is 0 Å². The maximum Gasteiger partial charge on any atom is 0.343 e. The van der Waals surface area contributed by atoms with Crippen molar-refractivity contribution in [1.82, 2.24) is 4.98 Å². The van der Waals surface area contributed by atoms with Gasteiger partial charge in [-0.05, 0) is 19.1 Å². The summed E-state index contributed by atoms with van der Waals surface area (Å²) in [6.07, 6.45) is 1.20. The fourth-order valence-corrected chi connectivity index (χ4v) is 1.80. The molecule has 0 saturated carbocycles. The molecule has 0 aliphatic rings. The van der Waals surface area contributed by atoms with Crippen LogP contribution in [-0.4, -0.2) is 24.7 Å². The van der Waals surface area contributed by atoms with E-state index < -0.39 is 17.2 Å². The summed E-state index contributed by atoms with van der Waals surface area (Å²) in [6, 6.07) is 2.42. The molecule has 2 aromatic rings. The van der Waals surface area contributed by atoms with Gasteiger partial charge < -0.3 is 14.5 Å². The molecule has 0 radical (unpaired) electrons. The highest BCUT2D eigenvalue weighted by atomic mass is 19.1. The molecule has 0 atom stereocenters. The monoisotopic (exact) mass is 265 g/mol. The second kappa shape index (κ2) is 5.09. The minimum absolute atomic E-state index is 0.0648. The van der Waals surface area contributed by atoms with Crippen molar-refractivity contribution in [2.45, 2.75) is 6.92 Å². The number of ether oxygens (including phenoxy) is 2. The molecule has 0 aliphatic carbocycles. The Morgan fingerprint density at radius 2 is 2.16 bits per heavy atom. The van der Waals surface area contributed by atoms with Crippen LogP contribution in [0.15, 0.2) is 23.1 Å². The Morgan fingerprint density at radius 3 is 2.79 bits per heavy atom. The van der Waals surface area contributed by atoms with Crippen molar-refractivity contribution in [3.8, 4) is 5.75 Å². The molecule has 6 heteroatoms. The van der Waals surface area contributed by atoms with E-state index in [9.17, 15) is 14.0 Å². The molecular weight excluding hydrogens is 253 g/mol. The number of methoxy groups -OCH3 is 1. The molecule has 0 spiro atoms. The predicted molar refractivity (Wildman–Crippen MR) is 67.0 cm³/mol. The van der Waals surface area contributed by atoms with Crippen molar-refractivity contribution in [2.75, 3.05) is 13.7 Å². The third-order valence-electron chi connectivity index (χ3n) is 2.66. The summed E-state index contributed by atoms with van der Waals surface area (Å²) in [5, 5.41) is 0.170. The van der Waals surface area contributed by atoms with Gasteiger partial charge in [-0.15, -0.1) is 0 Å². The number of hydrogen-bond donors (Lipinski definition) is 1. The standard InChI is InChI=1S/C13H12FNO4/c1-3-19-13(17)8-6-15-10-7(11(8)16)4-5-9(14)12(10)18-2/h4-6H,3H2,1-2H3,(H,15,16). The zero-order chi connectivity index (χ0) is 14.0. The van der Waals surface area contributed by atoms with Gasteiger partial charge in [0.05, 0.1) is 24.6 Å². The number of halogens is 1. The lowest BCUT2D eigenvalue weighted by Crippen LogP contribution is -2.18. The summed E-state index contributed by atoms with van der Waals surface area (Å²) >= 11 is 0. The molecule has 100 valence electrons. The van der Waals surface area contributed by atoms with Crippen molar-refractivity contribution in [3.63, 3.8) is 0 Å². The molecule has 0 bridgehead atoms. The van der Waals surface area contributed by atoms with E-state index in [2.05, 4.69) is 4.98 Å². The summed E-state index contributed by atoms with van der Waals surface area (Å²) < 4.78 is 23.2. The van der Waals surface area contributed by atoms with E-state index in [4.69, 9.17) is 9.47 Å². The molecule has 1 aromatic carbocycles. The van der Waals surface area contributed by atoms with Gasteiger partial charge >= 0.3 is 5.97 Å². The molecule has 1 aromatic heterocycles. The maximum absolute atomic E-state index is 13.5. The lowest BCUT2D eigenvalue weighted by Gasteiger charge is -2.07. The van der Waals surface area contributed by atoms with Crippen LogP contribution in [-0.2, 0) is 4.74 Å². The summed E-state index contributed by atoms with van der Waals surface area (Å²) in [4.78, 5) is 26.4. The van der Waals surface area contributed by atoms with E-state index >= 15 is 0 Å². The van der Waals surface area contributed by atoms with Crippen LogP contribution in [0, 0.1) is 5.82 Å². The first-order valence-electron chi connectivity index (χ1n) is 5.65. The van der Waals surface area contributed by atoms with Crippen molar-refractivity contribution >= 4 is 16.9 Å². The molecule has 19 heavy (non-hydrogen) atoms. The highest BCUT2D eigenvalue weighted by molar-refractivity contribution is 5.94. The van der Waals surface area contributed by atoms with Gasteiger partial charge in [-0.1, -0.05) is 0 Å². The smallest absolute Gasteiger partial charge is 0.343 e. The Bertz CT molecular complexity index is 693. The zero-order valence-corrected chi connectivity index (χ0v) is 10.5. The van der Waals surface area contributed by atoms with Gasteiger partial charge in [0.1, 0.15) is 5.56 Å². The molecular formula is C13H12FNO4. The Balaban J connectivity index is 2.70. The fraction of sp³-hybridized carbons (Fsp3) is 0.231. The fourth-order valence-electron chi connectivity index (χ4n) is 1.80. The van der Waals surface area contributed by atoms with Crippen LogP contribution < -0.4 is 10.2 Å². The molecule has 2 rings (SSSR count). The number of nitrogens with one attached hydrogen (secondary N) is 1. The number of fused-ring (bicyclic) bond motifs is 1. The Labute approximate surface area is 108 Å². The molecule has 1 N–H and O–H groups in total. The highest BCUT2D eigenvalue weighted by Gasteiger charge is 2.17. The second-order valence-corrected chi connectivity index (χ2v) is 3.76. The van der Waals surface area contributed by atoms with E-state index in [1.54, 1.807) is 6.92 Å².